The summed E-state index contributed by atoms with van der Waals surface area (Å²) in [4.78, 5) is 31.9. The maximum absolute atomic E-state index is 13.7. The summed E-state index contributed by atoms with van der Waals surface area (Å²) in [5, 5.41) is 0.615. The van der Waals surface area contributed by atoms with Crippen molar-refractivity contribution in [2.45, 2.75) is 33.7 Å². The van der Waals surface area contributed by atoms with Gasteiger partial charge in [-0.15, -0.1) is 0 Å². The number of aromatic nitrogens is 1. The van der Waals surface area contributed by atoms with Crippen LogP contribution in [0.2, 0.25) is 5.02 Å². The maximum Gasteiger partial charge on any atom is 0.338 e. The first kappa shape index (κ1) is 25.7. The van der Waals surface area contributed by atoms with Crippen LogP contribution in [0.1, 0.15) is 44.9 Å². The Kier molecular flexibility index (Phi) is 7.96. The van der Waals surface area contributed by atoms with Crippen molar-refractivity contribution in [3.63, 3.8) is 0 Å². The molecule has 1 atom stereocenters. The Morgan fingerprint density at radius 2 is 1.75 bits per heavy atom. The number of nitrogens with zero attached hydrogens (tertiary/aromatic N) is 2. The third-order valence-electron chi connectivity index (χ3n) is 5.57. The van der Waals surface area contributed by atoms with E-state index in [1.807, 2.05) is 38.1 Å². The van der Waals surface area contributed by atoms with E-state index in [4.69, 9.17) is 25.8 Å². The van der Waals surface area contributed by atoms with E-state index in [-0.39, 0.29) is 12.2 Å². The Hall–Kier alpha value is -3.36. The monoisotopic (exact) mass is 526 g/mol. The molecule has 2 aromatic carbocycles. The zero-order chi connectivity index (χ0) is 25.8. The smallest absolute Gasteiger partial charge is 0.338 e. The molecule has 0 saturated carbocycles. The number of thiazole rings is 1. The summed E-state index contributed by atoms with van der Waals surface area (Å²) in [7, 11) is 0. The molecule has 1 aliphatic rings. The fourth-order valence-corrected chi connectivity index (χ4v) is 5.23. The first-order valence-corrected chi connectivity index (χ1v) is 12.9. The molecule has 4 rings (SSSR count). The number of benzene rings is 2. The normalized spacial score (nSPS) is 15.4. The Morgan fingerprint density at radius 1 is 1.06 bits per heavy atom. The molecule has 0 aliphatic carbocycles. The summed E-state index contributed by atoms with van der Waals surface area (Å²) >= 11 is 7.28. The van der Waals surface area contributed by atoms with Gasteiger partial charge in [0, 0.05) is 5.02 Å². The molecule has 36 heavy (non-hydrogen) atoms. The number of rotatable bonds is 8. The molecule has 1 aliphatic heterocycles. The Labute approximate surface area is 217 Å². The minimum atomic E-state index is -0.734. The minimum Gasteiger partial charge on any atom is -0.490 e. The number of carbonyl (C=O) groups is 1. The van der Waals surface area contributed by atoms with Gasteiger partial charge in [0.05, 0.1) is 41.7 Å². The van der Waals surface area contributed by atoms with E-state index in [2.05, 4.69) is 4.99 Å². The number of fused-ring (bicyclic) bond motifs is 1. The second kappa shape index (κ2) is 11.1. The lowest BCUT2D eigenvalue weighted by molar-refractivity contribution is -0.139. The van der Waals surface area contributed by atoms with Crippen LogP contribution < -0.4 is 24.4 Å². The average molecular weight is 527 g/mol. The van der Waals surface area contributed by atoms with Crippen LogP contribution in [0.15, 0.2) is 63.5 Å². The second-order valence-electron chi connectivity index (χ2n) is 7.93. The molecule has 3 aromatic rings. The van der Waals surface area contributed by atoms with Gasteiger partial charge in [0.2, 0.25) is 0 Å². The highest BCUT2D eigenvalue weighted by Crippen LogP contribution is 2.36. The van der Waals surface area contributed by atoms with Crippen molar-refractivity contribution < 1.29 is 19.0 Å². The van der Waals surface area contributed by atoms with Crippen LogP contribution in [-0.2, 0) is 9.53 Å². The van der Waals surface area contributed by atoms with Gasteiger partial charge in [0.25, 0.3) is 5.56 Å². The van der Waals surface area contributed by atoms with Gasteiger partial charge in [-0.05, 0) is 69.2 Å². The Balaban J connectivity index is 1.94. The molecule has 0 fully saturated rings. The van der Waals surface area contributed by atoms with E-state index in [0.717, 1.165) is 5.56 Å². The number of allylic oxidation sites excluding steroid dienone is 1. The summed E-state index contributed by atoms with van der Waals surface area (Å²) in [6.45, 7) is 8.40. The molecule has 0 amide bonds. The SMILES string of the molecule is CCOC(=O)C1=C(C)N=c2s/c(=C\c3ccc(Cl)cc3)c(=O)n2C1c1ccc(OCC)c(OCC)c1. The Bertz CT molecular complexity index is 1490. The van der Waals surface area contributed by atoms with Gasteiger partial charge in [-0.25, -0.2) is 9.79 Å². The largest absolute Gasteiger partial charge is 0.490 e. The molecule has 1 unspecified atom stereocenters. The topological polar surface area (TPSA) is 79.1 Å². The molecule has 188 valence electrons. The lowest BCUT2D eigenvalue weighted by Crippen LogP contribution is -2.40. The van der Waals surface area contributed by atoms with Crippen molar-refractivity contribution in [1.82, 2.24) is 4.57 Å². The van der Waals surface area contributed by atoms with Gasteiger partial charge in [-0.2, -0.15) is 0 Å². The maximum atomic E-state index is 13.7. The van der Waals surface area contributed by atoms with Crippen molar-refractivity contribution in [3.8, 4) is 11.5 Å². The molecule has 0 N–H and O–H groups in total. The van der Waals surface area contributed by atoms with Crippen LogP contribution in [0.5, 0.6) is 11.5 Å². The Morgan fingerprint density at radius 3 is 2.42 bits per heavy atom. The van der Waals surface area contributed by atoms with Gasteiger partial charge in [-0.3, -0.25) is 9.36 Å². The molecule has 0 saturated heterocycles. The summed E-state index contributed by atoms with van der Waals surface area (Å²) in [6, 6.07) is 11.9. The number of esters is 1. The van der Waals surface area contributed by atoms with Gasteiger partial charge in [0.1, 0.15) is 0 Å². The quantitative estimate of drug-likeness (QED) is 0.410. The molecule has 1 aromatic heterocycles. The van der Waals surface area contributed by atoms with E-state index in [9.17, 15) is 9.59 Å². The van der Waals surface area contributed by atoms with Gasteiger partial charge in [0.15, 0.2) is 16.3 Å². The fraction of sp³-hybridized carbons (Fsp3) is 0.296. The van der Waals surface area contributed by atoms with Crippen LogP contribution in [0, 0.1) is 0 Å². The van der Waals surface area contributed by atoms with Crippen molar-refractivity contribution >= 4 is 35.0 Å². The van der Waals surface area contributed by atoms with E-state index in [1.54, 1.807) is 42.7 Å². The predicted molar refractivity (Wildman–Crippen MR) is 141 cm³/mol. The van der Waals surface area contributed by atoms with Crippen molar-refractivity contribution in [2.24, 2.45) is 4.99 Å². The molecular weight excluding hydrogens is 500 g/mol. The number of hydrogen-bond donors (Lipinski definition) is 0. The van der Waals surface area contributed by atoms with E-state index in [0.29, 0.717) is 55.9 Å². The standard InChI is InChI=1S/C27H27ClN2O5S/c1-5-33-20-13-10-18(15-21(20)34-6-2)24-23(26(32)35-7-3)16(4)29-27-30(24)25(31)22(36-27)14-17-8-11-19(28)12-9-17/h8-15,24H,5-7H2,1-4H3/b22-14-. The first-order valence-electron chi connectivity index (χ1n) is 11.7. The van der Waals surface area contributed by atoms with Gasteiger partial charge in [-0.1, -0.05) is 41.1 Å². The van der Waals surface area contributed by atoms with Gasteiger partial charge < -0.3 is 14.2 Å². The van der Waals surface area contributed by atoms with Crippen LogP contribution in [0.3, 0.4) is 0 Å². The van der Waals surface area contributed by atoms with Crippen LogP contribution >= 0.6 is 22.9 Å². The molecule has 0 radical (unpaired) electrons. The second-order valence-corrected chi connectivity index (χ2v) is 9.37. The van der Waals surface area contributed by atoms with Crippen LogP contribution in [-0.4, -0.2) is 30.4 Å². The lowest BCUT2D eigenvalue weighted by atomic mass is 9.95. The van der Waals surface area contributed by atoms with E-state index in [1.165, 1.54) is 11.3 Å². The summed E-state index contributed by atoms with van der Waals surface area (Å²) < 4.78 is 18.9. The number of hydrogen-bond acceptors (Lipinski definition) is 7. The summed E-state index contributed by atoms with van der Waals surface area (Å²) in [5.74, 6) is 0.622. The van der Waals surface area contributed by atoms with E-state index < -0.39 is 12.0 Å². The van der Waals surface area contributed by atoms with E-state index >= 15 is 0 Å². The average Bonchev–Trinajstić information content (AvgIpc) is 3.15. The molecular formula is C27H27ClN2O5S. The van der Waals surface area contributed by atoms with Crippen molar-refractivity contribution in [1.29, 1.82) is 0 Å². The molecule has 0 spiro atoms. The van der Waals surface area contributed by atoms with Crippen molar-refractivity contribution in [2.75, 3.05) is 19.8 Å². The number of carbonyl (C=O) groups excluding carboxylic acids is 1. The van der Waals surface area contributed by atoms with Gasteiger partial charge >= 0.3 is 5.97 Å². The zero-order valence-corrected chi connectivity index (χ0v) is 22.1. The molecule has 2 heterocycles. The van der Waals surface area contributed by atoms with Crippen LogP contribution in [0.25, 0.3) is 6.08 Å². The highest BCUT2D eigenvalue weighted by Gasteiger charge is 2.34. The lowest BCUT2D eigenvalue weighted by Gasteiger charge is -2.25. The van der Waals surface area contributed by atoms with Crippen molar-refractivity contribution in [3.05, 3.63) is 89.6 Å². The highest BCUT2D eigenvalue weighted by molar-refractivity contribution is 7.07. The molecule has 0 bridgehead atoms. The first-order chi connectivity index (χ1) is 17.4. The zero-order valence-electron chi connectivity index (χ0n) is 20.5. The summed E-state index contributed by atoms with van der Waals surface area (Å²) in [5.41, 5.74) is 2.10. The third-order valence-corrected chi connectivity index (χ3v) is 6.80. The number of ether oxygens (including phenoxy) is 3. The number of halogens is 1. The minimum absolute atomic E-state index is 0.205. The third kappa shape index (κ3) is 5.10. The highest BCUT2D eigenvalue weighted by atomic mass is 35.5. The predicted octanol–water partition coefficient (Wildman–Crippen LogP) is 4.25. The molecule has 9 heteroatoms. The summed E-state index contributed by atoms with van der Waals surface area (Å²) in [6.07, 6.45) is 1.80. The van der Waals surface area contributed by atoms with Crippen LogP contribution in [0.4, 0.5) is 0 Å². The molecule has 7 nitrogen and oxygen atoms in total. The fourth-order valence-electron chi connectivity index (χ4n) is 4.06.